The third kappa shape index (κ3) is 8.21. The number of methoxy groups -OCH3 is 1. The van der Waals surface area contributed by atoms with Gasteiger partial charge in [-0.1, -0.05) is 50.1 Å². The highest BCUT2D eigenvalue weighted by atomic mass is 32.2. The van der Waals surface area contributed by atoms with Gasteiger partial charge in [0.2, 0.25) is 21.8 Å². The van der Waals surface area contributed by atoms with Crippen LogP contribution in [0.5, 0.6) is 5.75 Å². The van der Waals surface area contributed by atoms with Crippen LogP contribution in [0.3, 0.4) is 0 Å². The number of benzene rings is 2. The van der Waals surface area contributed by atoms with E-state index < -0.39 is 16.1 Å². The lowest BCUT2D eigenvalue weighted by atomic mass is 10.1. The number of hydrogen-bond donors (Lipinski definition) is 1. The number of carbonyl (C=O) groups is 2. The number of ether oxygens (including phenoxy) is 1. The van der Waals surface area contributed by atoms with E-state index in [2.05, 4.69) is 5.32 Å². The number of para-hydroxylation sites is 1. The monoisotopic (exact) mass is 529 g/mol. The zero-order valence-electron chi connectivity index (χ0n) is 22.1. The van der Waals surface area contributed by atoms with E-state index in [0.717, 1.165) is 43.3 Å². The number of sulfonamides is 1. The smallest absolute Gasteiger partial charge is 0.243 e. The van der Waals surface area contributed by atoms with Gasteiger partial charge in [0.25, 0.3) is 0 Å². The highest BCUT2D eigenvalue weighted by molar-refractivity contribution is 7.92. The third-order valence-corrected chi connectivity index (χ3v) is 7.99. The molecule has 1 fully saturated rings. The van der Waals surface area contributed by atoms with Crippen LogP contribution in [-0.4, -0.2) is 57.1 Å². The summed E-state index contributed by atoms with van der Waals surface area (Å²) in [6, 6.07) is 15.9. The molecule has 0 unspecified atom stereocenters. The number of amides is 2. The van der Waals surface area contributed by atoms with Gasteiger partial charge < -0.3 is 15.0 Å². The van der Waals surface area contributed by atoms with Crippen LogP contribution in [0.2, 0.25) is 0 Å². The Kier molecular flexibility index (Phi) is 10.4. The molecule has 1 atom stereocenters. The largest absolute Gasteiger partial charge is 0.497 e. The van der Waals surface area contributed by atoms with Crippen molar-refractivity contribution in [3.05, 3.63) is 60.2 Å². The first-order valence-corrected chi connectivity index (χ1v) is 14.8. The predicted octanol–water partition coefficient (Wildman–Crippen LogP) is 4.11. The summed E-state index contributed by atoms with van der Waals surface area (Å²) in [6.07, 6.45) is 6.26. The quantitative estimate of drug-likeness (QED) is 0.421. The van der Waals surface area contributed by atoms with E-state index in [-0.39, 0.29) is 37.4 Å². The molecule has 0 heterocycles. The zero-order valence-corrected chi connectivity index (χ0v) is 22.9. The summed E-state index contributed by atoms with van der Waals surface area (Å²) in [7, 11) is -1.91. The summed E-state index contributed by atoms with van der Waals surface area (Å²) in [6.45, 7) is 2.37. The maximum Gasteiger partial charge on any atom is 0.243 e. The van der Waals surface area contributed by atoms with Crippen molar-refractivity contribution in [1.29, 1.82) is 0 Å². The summed E-state index contributed by atoms with van der Waals surface area (Å²) >= 11 is 0. The van der Waals surface area contributed by atoms with Crippen molar-refractivity contribution >= 4 is 27.5 Å². The molecule has 9 heteroatoms. The molecule has 1 N–H and O–H groups in total. The Morgan fingerprint density at radius 3 is 2.27 bits per heavy atom. The van der Waals surface area contributed by atoms with Gasteiger partial charge in [0, 0.05) is 25.6 Å². The Labute approximate surface area is 221 Å². The average Bonchev–Trinajstić information content (AvgIpc) is 3.39. The average molecular weight is 530 g/mol. The minimum atomic E-state index is -3.51. The molecular weight excluding hydrogens is 490 g/mol. The second kappa shape index (κ2) is 13.5. The van der Waals surface area contributed by atoms with Crippen LogP contribution >= 0.6 is 0 Å². The first-order valence-electron chi connectivity index (χ1n) is 13.0. The van der Waals surface area contributed by atoms with Crippen LogP contribution in [0.15, 0.2) is 54.6 Å². The maximum atomic E-state index is 13.5. The molecule has 0 radical (unpaired) electrons. The molecule has 0 bridgehead atoms. The van der Waals surface area contributed by atoms with Gasteiger partial charge in [0.15, 0.2) is 0 Å². The number of carbonyl (C=O) groups excluding carboxylic acids is 2. The Bertz CT molecular complexity index is 1120. The van der Waals surface area contributed by atoms with Crippen molar-refractivity contribution < 1.29 is 22.7 Å². The summed E-state index contributed by atoms with van der Waals surface area (Å²) in [5.74, 6) is 0.415. The van der Waals surface area contributed by atoms with E-state index in [1.165, 1.54) is 4.31 Å². The van der Waals surface area contributed by atoms with Crippen LogP contribution in [0.25, 0.3) is 0 Å². The lowest BCUT2D eigenvalue weighted by molar-refractivity contribution is -0.141. The first kappa shape index (κ1) is 28.5. The van der Waals surface area contributed by atoms with Gasteiger partial charge >= 0.3 is 0 Å². The summed E-state index contributed by atoms with van der Waals surface area (Å²) in [4.78, 5) is 28.4. The minimum Gasteiger partial charge on any atom is -0.497 e. The molecular formula is C28H39N3O5S. The van der Waals surface area contributed by atoms with Gasteiger partial charge in [-0.05, 0) is 55.5 Å². The number of rotatable bonds is 13. The fraction of sp³-hybridized carbons (Fsp3) is 0.500. The Morgan fingerprint density at radius 2 is 1.70 bits per heavy atom. The fourth-order valence-corrected chi connectivity index (χ4v) is 5.78. The second-order valence-electron chi connectivity index (χ2n) is 9.56. The Hall–Kier alpha value is -3.07. The van der Waals surface area contributed by atoms with E-state index in [1.807, 2.05) is 37.3 Å². The standard InChI is InChI=1S/C28H39N3O5S/c1-4-26(28(33)29-23-11-8-9-12-23)30(21-22-16-18-25(36-2)19-17-22)27(32)15-10-20-31(37(3,34)35)24-13-6-5-7-14-24/h5-7,13-14,16-19,23,26H,4,8-12,15,20-21H2,1-3H3,(H,29,33)/t26-/m0/s1. The van der Waals surface area contributed by atoms with Gasteiger partial charge in [0.05, 0.1) is 19.1 Å². The van der Waals surface area contributed by atoms with E-state index in [0.29, 0.717) is 18.5 Å². The molecule has 37 heavy (non-hydrogen) atoms. The molecule has 8 nitrogen and oxygen atoms in total. The SMILES string of the molecule is CC[C@@H](C(=O)NC1CCCC1)N(Cc1ccc(OC)cc1)C(=O)CCCN(c1ccccc1)S(C)(=O)=O. The molecule has 1 aliphatic rings. The van der Waals surface area contributed by atoms with Crippen molar-refractivity contribution in [2.75, 3.05) is 24.2 Å². The molecule has 0 aliphatic heterocycles. The van der Waals surface area contributed by atoms with Gasteiger partial charge in [-0.2, -0.15) is 0 Å². The predicted molar refractivity (Wildman–Crippen MR) is 146 cm³/mol. The molecule has 2 aromatic carbocycles. The summed E-state index contributed by atoms with van der Waals surface area (Å²) < 4.78 is 31.4. The second-order valence-corrected chi connectivity index (χ2v) is 11.5. The summed E-state index contributed by atoms with van der Waals surface area (Å²) in [5.41, 5.74) is 1.46. The number of nitrogens with zero attached hydrogens (tertiary/aromatic N) is 2. The van der Waals surface area contributed by atoms with Gasteiger partial charge in [-0.3, -0.25) is 13.9 Å². The minimum absolute atomic E-state index is 0.127. The Balaban J connectivity index is 1.74. The van der Waals surface area contributed by atoms with E-state index in [9.17, 15) is 18.0 Å². The van der Waals surface area contributed by atoms with Crippen molar-refractivity contribution in [2.24, 2.45) is 0 Å². The van der Waals surface area contributed by atoms with E-state index >= 15 is 0 Å². The van der Waals surface area contributed by atoms with Crippen LogP contribution < -0.4 is 14.4 Å². The fourth-order valence-electron chi connectivity index (χ4n) is 4.81. The molecule has 202 valence electrons. The molecule has 2 amide bonds. The van der Waals surface area contributed by atoms with Crippen molar-refractivity contribution in [3.8, 4) is 5.75 Å². The third-order valence-electron chi connectivity index (χ3n) is 6.80. The lowest BCUT2D eigenvalue weighted by Gasteiger charge is -2.32. The molecule has 0 aromatic heterocycles. The van der Waals surface area contributed by atoms with E-state index in [1.54, 1.807) is 36.3 Å². The highest BCUT2D eigenvalue weighted by Crippen LogP contribution is 2.22. The van der Waals surface area contributed by atoms with Crippen LogP contribution in [0.4, 0.5) is 5.69 Å². The van der Waals surface area contributed by atoms with Crippen LogP contribution in [0, 0.1) is 0 Å². The molecule has 0 spiro atoms. The highest BCUT2D eigenvalue weighted by Gasteiger charge is 2.30. The number of nitrogens with one attached hydrogen (secondary N) is 1. The topological polar surface area (TPSA) is 96.0 Å². The molecule has 1 aliphatic carbocycles. The normalized spacial score (nSPS) is 14.7. The summed E-state index contributed by atoms with van der Waals surface area (Å²) in [5, 5.41) is 3.14. The van der Waals surface area contributed by atoms with Gasteiger partial charge in [-0.25, -0.2) is 8.42 Å². The van der Waals surface area contributed by atoms with Crippen molar-refractivity contribution in [2.45, 2.75) is 70.5 Å². The number of anilines is 1. The molecule has 3 rings (SSSR count). The zero-order chi connectivity index (χ0) is 26.8. The van der Waals surface area contributed by atoms with E-state index in [4.69, 9.17) is 4.74 Å². The van der Waals surface area contributed by atoms with Crippen LogP contribution in [0.1, 0.15) is 57.4 Å². The Morgan fingerprint density at radius 1 is 1.05 bits per heavy atom. The molecule has 1 saturated carbocycles. The van der Waals surface area contributed by atoms with Crippen LogP contribution in [-0.2, 0) is 26.2 Å². The van der Waals surface area contributed by atoms with Crippen molar-refractivity contribution in [3.63, 3.8) is 0 Å². The van der Waals surface area contributed by atoms with Gasteiger partial charge in [0.1, 0.15) is 11.8 Å². The maximum absolute atomic E-state index is 13.5. The molecule has 2 aromatic rings. The first-order chi connectivity index (χ1) is 17.7. The number of hydrogen-bond acceptors (Lipinski definition) is 5. The molecule has 0 saturated heterocycles. The van der Waals surface area contributed by atoms with Crippen molar-refractivity contribution in [1.82, 2.24) is 10.2 Å². The van der Waals surface area contributed by atoms with Gasteiger partial charge in [-0.15, -0.1) is 0 Å². The lowest BCUT2D eigenvalue weighted by Crippen LogP contribution is -2.51.